The van der Waals surface area contributed by atoms with Crippen LogP contribution in [0.15, 0.2) is 77.5 Å². The molecule has 0 radical (unpaired) electrons. The Balaban J connectivity index is 1.92. The minimum atomic E-state index is -0.706. The van der Waals surface area contributed by atoms with E-state index < -0.39 is 11.8 Å². The van der Waals surface area contributed by atoms with Crippen molar-refractivity contribution in [1.29, 1.82) is 0 Å². The fraction of sp³-hybridized carbons (Fsp3) is 0.115. The van der Waals surface area contributed by atoms with Gasteiger partial charge in [-0.25, -0.2) is 5.43 Å². The molecular weight excluding hydrogens is 450 g/mol. The van der Waals surface area contributed by atoms with Crippen LogP contribution in [-0.4, -0.2) is 42.0 Å². The number of hydrogen-bond acceptors (Lipinski definition) is 7. The van der Waals surface area contributed by atoms with Gasteiger partial charge < -0.3 is 25.0 Å². The van der Waals surface area contributed by atoms with Crippen molar-refractivity contribution < 1.29 is 29.3 Å². The van der Waals surface area contributed by atoms with Gasteiger partial charge in [0.15, 0.2) is 11.5 Å². The zero-order valence-electron chi connectivity index (χ0n) is 19.4. The largest absolute Gasteiger partial charge is 0.508 e. The summed E-state index contributed by atoms with van der Waals surface area (Å²) in [6.45, 7) is 1.55. The normalized spacial score (nSPS) is 11.5. The van der Waals surface area contributed by atoms with Crippen LogP contribution in [0.4, 0.5) is 0 Å². The number of phenols is 2. The zero-order valence-corrected chi connectivity index (χ0v) is 19.4. The first kappa shape index (κ1) is 24.8. The van der Waals surface area contributed by atoms with E-state index in [1.165, 1.54) is 38.5 Å². The van der Waals surface area contributed by atoms with E-state index in [-0.39, 0.29) is 28.5 Å². The van der Waals surface area contributed by atoms with E-state index in [9.17, 15) is 19.8 Å². The maximum Gasteiger partial charge on any atom is 0.287 e. The first-order valence-corrected chi connectivity index (χ1v) is 10.5. The maximum atomic E-state index is 13.0. The third-order valence-electron chi connectivity index (χ3n) is 4.94. The lowest BCUT2D eigenvalue weighted by atomic mass is 10.1. The molecule has 4 N–H and O–H groups in total. The Morgan fingerprint density at radius 1 is 0.914 bits per heavy atom. The fourth-order valence-corrected chi connectivity index (χ4v) is 3.12. The maximum absolute atomic E-state index is 13.0. The Bertz CT molecular complexity index is 1290. The standard InChI is InChI=1S/C26H25N3O6/c1-16(20-15-19(30)10-11-22(20)31)28-29-26(33)21(27-25(32)18-7-5-4-6-8-18)13-17-9-12-23(34-2)24(14-17)35-3/h4-15,30-31H,1-3H3,(H,27,32)(H,29,33)/b21-13+,28-16+. The highest BCUT2D eigenvalue weighted by atomic mass is 16.5. The Labute approximate surface area is 202 Å². The number of hydrazone groups is 1. The van der Waals surface area contributed by atoms with Crippen LogP contribution in [0, 0.1) is 0 Å². The van der Waals surface area contributed by atoms with Crippen LogP contribution in [-0.2, 0) is 4.79 Å². The Morgan fingerprint density at radius 2 is 1.63 bits per heavy atom. The number of benzene rings is 3. The number of methoxy groups -OCH3 is 2. The lowest BCUT2D eigenvalue weighted by Gasteiger charge is -2.11. The van der Waals surface area contributed by atoms with E-state index >= 15 is 0 Å². The molecule has 0 spiro atoms. The number of phenolic OH excluding ortho intramolecular Hbond substituents is 2. The summed E-state index contributed by atoms with van der Waals surface area (Å²) in [5.41, 5.74) is 3.70. The molecule has 0 aliphatic carbocycles. The Morgan fingerprint density at radius 3 is 2.31 bits per heavy atom. The SMILES string of the molecule is COc1ccc(/C=C(/NC(=O)c2ccccc2)C(=O)N/N=C(\C)c2cc(O)ccc2O)cc1OC. The molecule has 0 aromatic heterocycles. The zero-order chi connectivity index (χ0) is 25.4. The number of carbonyl (C=O) groups is 2. The molecule has 180 valence electrons. The second-order valence-electron chi connectivity index (χ2n) is 7.33. The van der Waals surface area contributed by atoms with Gasteiger partial charge in [-0.1, -0.05) is 24.3 Å². The Hall–Kier alpha value is -4.79. The summed E-state index contributed by atoms with van der Waals surface area (Å²) < 4.78 is 10.6. The minimum Gasteiger partial charge on any atom is -0.508 e. The van der Waals surface area contributed by atoms with Crippen molar-refractivity contribution in [3.05, 3.63) is 89.1 Å². The van der Waals surface area contributed by atoms with Crippen LogP contribution < -0.4 is 20.2 Å². The minimum absolute atomic E-state index is 0.0668. The molecule has 3 rings (SSSR count). The molecule has 0 saturated carbocycles. The van der Waals surface area contributed by atoms with Crippen molar-refractivity contribution in [2.45, 2.75) is 6.92 Å². The average molecular weight is 476 g/mol. The molecule has 0 heterocycles. The van der Waals surface area contributed by atoms with E-state index in [2.05, 4.69) is 15.8 Å². The molecule has 0 atom stereocenters. The summed E-state index contributed by atoms with van der Waals surface area (Å²) >= 11 is 0. The van der Waals surface area contributed by atoms with Gasteiger partial charge in [0.25, 0.3) is 11.8 Å². The Kier molecular flexibility index (Phi) is 8.07. The van der Waals surface area contributed by atoms with Crippen molar-refractivity contribution >= 4 is 23.6 Å². The van der Waals surface area contributed by atoms with E-state index in [1.54, 1.807) is 55.5 Å². The van der Waals surface area contributed by atoms with Crippen LogP contribution in [0.2, 0.25) is 0 Å². The first-order valence-electron chi connectivity index (χ1n) is 10.5. The number of rotatable bonds is 8. The van der Waals surface area contributed by atoms with Gasteiger partial charge in [-0.05, 0) is 61.0 Å². The van der Waals surface area contributed by atoms with Crippen molar-refractivity contribution in [2.75, 3.05) is 14.2 Å². The van der Waals surface area contributed by atoms with E-state index in [0.717, 1.165) is 0 Å². The third-order valence-corrected chi connectivity index (χ3v) is 4.94. The van der Waals surface area contributed by atoms with Gasteiger partial charge in [-0.3, -0.25) is 9.59 Å². The smallest absolute Gasteiger partial charge is 0.287 e. The molecule has 2 amide bonds. The first-order chi connectivity index (χ1) is 16.8. The molecule has 0 fully saturated rings. The van der Waals surface area contributed by atoms with Gasteiger partial charge >= 0.3 is 0 Å². The number of hydrogen-bond donors (Lipinski definition) is 4. The molecule has 3 aromatic rings. The summed E-state index contributed by atoms with van der Waals surface area (Å²) in [7, 11) is 3.00. The summed E-state index contributed by atoms with van der Waals surface area (Å²) in [6.07, 6.45) is 1.47. The number of nitrogens with one attached hydrogen (secondary N) is 2. The molecule has 0 aliphatic heterocycles. The van der Waals surface area contributed by atoms with Crippen molar-refractivity contribution in [3.63, 3.8) is 0 Å². The van der Waals surface area contributed by atoms with Crippen molar-refractivity contribution in [3.8, 4) is 23.0 Å². The monoisotopic (exact) mass is 475 g/mol. The summed E-state index contributed by atoms with van der Waals surface area (Å²) in [5, 5.41) is 26.3. The van der Waals surface area contributed by atoms with Crippen LogP contribution >= 0.6 is 0 Å². The molecule has 0 bridgehead atoms. The van der Waals surface area contributed by atoms with E-state index in [4.69, 9.17) is 9.47 Å². The lowest BCUT2D eigenvalue weighted by Crippen LogP contribution is -2.33. The average Bonchev–Trinajstić information content (AvgIpc) is 2.88. The highest BCUT2D eigenvalue weighted by Crippen LogP contribution is 2.28. The van der Waals surface area contributed by atoms with Gasteiger partial charge in [-0.2, -0.15) is 5.10 Å². The predicted octanol–water partition coefficient (Wildman–Crippen LogP) is 3.43. The molecule has 0 saturated heterocycles. The van der Waals surface area contributed by atoms with E-state index in [0.29, 0.717) is 22.6 Å². The van der Waals surface area contributed by atoms with Crippen LogP contribution in [0.25, 0.3) is 6.08 Å². The number of aromatic hydroxyl groups is 2. The topological polar surface area (TPSA) is 129 Å². The van der Waals surface area contributed by atoms with E-state index in [1.807, 2.05) is 0 Å². The predicted molar refractivity (Wildman–Crippen MR) is 132 cm³/mol. The van der Waals surface area contributed by atoms with Gasteiger partial charge in [0.1, 0.15) is 17.2 Å². The molecule has 3 aromatic carbocycles. The van der Waals surface area contributed by atoms with Gasteiger partial charge in [0, 0.05) is 11.1 Å². The van der Waals surface area contributed by atoms with Gasteiger partial charge in [0.05, 0.1) is 19.9 Å². The molecule has 35 heavy (non-hydrogen) atoms. The number of ether oxygens (including phenoxy) is 2. The quantitative estimate of drug-likeness (QED) is 0.171. The summed E-state index contributed by atoms with van der Waals surface area (Å²) in [4.78, 5) is 25.8. The highest BCUT2D eigenvalue weighted by molar-refractivity contribution is 6.06. The summed E-state index contributed by atoms with van der Waals surface area (Å²) in [5.74, 6) is -0.416. The lowest BCUT2D eigenvalue weighted by molar-refractivity contribution is -0.117. The van der Waals surface area contributed by atoms with Gasteiger partial charge in [-0.15, -0.1) is 0 Å². The molecule has 0 aliphatic rings. The fourth-order valence-electron chi connectivity index (χ4n) is 3.12. The number of nitrogens with zero attached hydrogens (tertiary/aromatic N) is 1. The van der Waals surface area contributed by atoms with Crippen molar-refractivity contribution in [2.24, 2.45) is 5.10 Å². The number of carbonyl (C=O) groups excluding carboxylic acids is 2. The van der Waals surface area contributed by atoms with Crippen molar-refractivity contribution in [1.82, 2.24) is 10.7 Å². The van der Waals surface area contributed by atoms with Gasteiger partial charge in [0.2, 0.25) is 0 Å². The molecular formula is C26H25N3O6. The summed E-state index contributed by atoms with van der Waals surface area (Å²) in [6, 6.07) is 17.4. The number of amides is 2. The molecule has 9 nitrogen and oxygen atoms in total. The molecule has 0 unspecified atom stereocenters. The molecule has 9 heteroatoms. The highest BCUT2D eigenvalue weighted by Gasteiger charge is 2.16. The second-order valence-corrected chi connectivity index (χ2v) is 7.33. The van der Waals surface area contributed by atoms with Crippen LogP contribution in [0.3, 0.4) is 0 Å². The third kappa shape index (κ3) is 6.38. The second kappa shape index (κ2) is 11.4. The van der Waals surface area contributed by atoms with Crippen LogP contribution in [0.1, 0.15) is 28.4 Å². The van der Waals surface area contributed by atoms with Crippen LogP contribution in [0.5, 0.6) is 23.0 Å².